The number of nitrogens with zero attached hydrogens (tertiary/aromatic N) is 2. The third kappa shape index (κ3) is 4.11. The molecular formula is C19H26N2O5. The van der Waals surface area contributed by atoms with Crippen molar-refractivity contribution in [1.29, 1.82) is 0 Å². The number of carbonyl (C=O) groups excluding carboxylic acids is 3. The minimum atomic E-state index is -0.849. The van der Waals surface area contributed by atoms with Gasteiger partial charge in [-0.2, -0.15) is 0 Å². The van der Waals surface area contributed by atoms with Gasteiger partial charge in [-0.25, -0.2) is 4.90 Å². The second kappa shape index (κ2) is 8.42. The van der Waals surface area contributed by atoms with E-state index in [0.29, 0.717) is 11.6 Å². The standard InChI is InChI=1S/C19H26N2O5/c1-12(2)14-6-8-15(9-7-14)21-17(23)10-16(19(21)24)20(13(3)22)11-18(25-4)26-5/h6-9,12,16,18H,10-11H2,1-5H3. The molecule has 1 fully saturated rings. The van der Waals surface area contributed by atoms with Crippen LogP contribution in [0.25, 0.3) is 0 Å². The van der Waals surface area contributed by atoms with Crippen LogP contribution in [0.5, 0.6) is 0 Å². The molecule has 0 bridgehead atoms. The van der Waals surface area contributed by atoms with Crippen LogP contribution in [0.1, 0.15) is 38.7 Å². The highest BCUT2D eigenvalue weighted by molar-refractivity contribution is 6.23. The largest absolute Gasteiger partial charge is 0.354 e. The minimum absolute atomic E-state index is 0.0511. The summed E-state index contributed by atoms with van der Waals surface area (Å²) in [4.78, 5) is 39.9. The average Bonchev–Trinajstić information content (AvgIpc) is 2.90. The zero-order valence-electron chi connectivity index (χ0n) is 15.9. The maximum Gasteiger partial charge on any atom is 0.257 e. The Morgan fingerprint density at radius 2 is 1.77 bits per heavy atom. The van der Waals surface area contributed by atoms with Crippen molar-refractivity contribution in [2.24, 2.45) is 0 Å². The number of anilines is 1. The summed E-state index contributed by atoms with van der Waals surface area (Å²) in [5.41, 5.74) is 1.64. The first-order valence-electron chi connectivity index (χ1n) is 8.59. The fraction of sp³-hybridized carbons (Fsp3) is 0.526. The third-order valence-corrected chi connectivity index (χ3v) is 4.59. The van der Waals surface area contributed by atoms with Gasteiger partial charge in [0.2, 0.25) is 11.8 Å². The van der Waals surface area contributed by atoms with Crippen LogP contribution >= 0.6 is 0 Å². The molecule has 7 heteroatoms. The number of amides is 3. The molecule has 1 aliphatic heterocycles. The van der Waals surface area contributed by atoms with E-state index in [0.717, 1.165) is 10.5 Å². The highest BCUT2D eigenvalue weighted by Crippen LogP contribution is 2.27. The molecule has 0 spiro atoms. The second-order valence-electron chi connectivity index (χ2n) is 6.61. The number of hydrogen-bond acceptors (Lipinski definition) is 5. The number of imide groups is 1. The Morgan fingerprint density at radius 3 is 2.23 bits per heavy atom. The van der Waals surface area contributed by atoms with Crippen LogP contribution in [0.4, 0.5) is 5.69 Å². The van der Waals surface area contributed by atoms with Crippen molar-refractivity contribution >= 4 is 23.4 Å². The molecule has 26 heavy (non-hydrogen) atoms. The van der Waals surface area contributed by atoms with Gasteiger partial charge in [-0.05, 0) is 23.6 Å². The first-order valence-corrected chi connectivity index (χ1v) is 8.59. The molecule has 1 aromatic rings. The molecule has 1 saturated heterocycles. The number of carbonyl (C=O) groups is 3. The average molecular weight is 362 g/mol. The van der Waals surface area contributed by atoms with E-state index in [4.69, 9.17) is 9.47 Å². The summed E-state index contributed by atoms with van der Waals surface area (Å²) in [7, 11) is 2.91. The van der Waals surface area contributed by atoms with Crippen LogP contribution in [0.3, 0.4) is 0 Å². The summed E-state index contributed by atoms with van der Waals surface area (Å²) in [6.45, 7) is 5.58. The smallest absolute Gasteiger partial charge is 0.257 e. The molecular weight excluding hydrogens is 336 g/mol. The Morgan fingerprint density at radius 1 is 1.19 bits per heavy atom. The monoisotopic (exact) mass is 362 g/mol. The van der Waals surface area contributed by atoms with Gasteiger partial charge >= 0.3 is 0 Å². The molecule has 142 valence electrons. The van der Waals surface area contributed by atoms with E-state index in [1.165, 1.54) is 26.0 Å². The first kappa shape index (κ1) is 20.1. The molecule has 3 amide bonds. The molecule has 7 nitrogen and oxygen atoms in total. The minimum Gasteiger partial charge on any atom is -0.354 e. The predicted octanol–water partition coefficient (Wildman–Crippen LogP) is 1.91. The topological polar surface area (TPSA) is 76.2 Å². The Kier molecular flexibility index (Phi) is 6.50. The Balaban J connectivity index is 2.24. The number of hydrogen-bond donors (Lipinski definition) is 0. The highest BCUT2D eigenvalue weighted by Gasteiger charge is 2.44. The maximum absolute atomic E-state index is 12.9. The fourth-order valence-corrected chi connectivity index (χ4v) is 3.02. The Hall–Kier alpha value is -2.25. The van der Waals surface area contributed by atoms with Gasteiger partial charge in [0.1, 0.15) is 6.04 Å². The molecule has 0 aromatic heterocycles. The van der Waals surface area contributed by atoms with Gasteiger partial charge in [-0.15, -0.1) is 0 Å². The molecule has 0 saturated carbocycles. The number of methoxy groups -OCH3 is 2. The maximum atomic E-state index is 12.9. The normalized spacial score (nSPS) is 17.5. The Labute approximate surface area is 153 Å². The van der Waals surface area contributed by atoms with Gasteiger partial charge in [0, 0.05) is 21.1 Å². The van der Waals surface area contributed by atoms with Crippen LogP contribution in [-0.4, -0.2) is 55.7 Å². The quantitative estimate of drug-likeness (QED) is 0.547. The Bertz CT molecular complexity index is 667. The van der Waals surface area contributed by atoms with Crippen LogP contribution in [0, 0.1) is 0 Å². The highest BCUT2D eigenvalue weighted by atomic mass is 16.7. The van der Waals surface area contributed by atoms with Crippen LogP contribution < -0.4 is 4.90 Å². The van der Waals surface area contributed by atoms with Crippen molar-refractivity contribution in [3.63, 3.8) is 0 Å². The zero-order chi connectivity index (χ0) is 19.4. The molecule has 1 unspecified atom stereocenters. The van der Waals surface area contributed by atoms with Gasteiger partial charge in [-0.1, -0.05) is 26.0 Å². The summed E-state index contributed by atoms with van der Waals surface area (Å²) >= 11 is 0. The van der Waals surface area contributed by atoms with Gasteiger partial charge in [0.25, 0.3) is 5.91 Å². The lowest BCUT2D eigenvalue weighted by Gasteiger charge is -2.29. The zero-order valence-corrected chi connectivity index (χ0v) is 15.9. The fourth-order valence-electron chi connectivity index (χ4n) is 3.02. The summed E-state index contributed by atoms with van der Waals surface area (Å²) in [6, 6.07) is 6.49. The molecule has 0 N–H and O–H groups in total. The first-order chi connectivity index (χ1) is 12.3. The van der Waals surface area contributed by atoms with Crippen molar-refractivity contribution in [1.82, 2.24) is 4.90 Å². The third-order valence-electron chi connectivity index (χ3n) is 4.59. The van der Waals surface area contributed by atoms with E-state index in [2.05, 4.69) is 13.8 Å². The van der Waals surface area contributed by atoms with E-state index in [1.807, 2.05) is 12.1 Å². The van der Waals surface area contributed by atoms with Crippen molar-refractivity contribution < 1.29 is 23.9 Å². The van der Waals surface area contributed by atoms with Gasteiger partial charge in [0.05, 0.1) is 18.7 Å². The van der Waals surface area contributed by atoms with E-state index in [-0.39, 0.29) is 24.8 Å². The SMILES string of the molecule is COC(CN(C(C)=O)C1CC(=O)N(c2ccc(C(C)C)cc2)C1=O)OC. The summed E-state index contributed by atoms with van der Waals surface area (Å²) in [5, 5.41) is 0. The van der Waals surface area contributed by atoms with Gasteiger partial charge in [-0.3, -0.25) is 14.4 Å². The molecule has 2 rings (SSSR count). The lowest BCUT2D eigenvalue weighted by Crippen LogP contribution is -2.48. The summed E-state index contributed by atoms with van der Waals surface area (Å²) in [6.07, 6.45) is -0.717. The van der Waals surface area contributed by atoms with E-state index >= 15 is 0 Å². The molecule has 1 aliphatic rings. The van der Waals surface area contributed by atoms with E-state index in [1.54, 1.807) is 12.1 Å². The van der Waals surface area contributed by atoms with Crippen LogP contribution in [-0.2, 0) is 23.9 Å². The van der Waals surface area contributed by atoms with Crippen LogP contribution in [0.15, 0.2) is 24.3 Å². The van der Waals surface area contributed by atoms with Crippen molar-refractivity contribution in [2.45, 2.75) is 45.4 Å². The lowest BCUT2D eigenvalue weighted by atomic mass is 10.0. The lowest BCUT2D eigenvalue weighted by molar-refractivity contribution is -0.150. The number of benzene rings is 1. The molecule has 1 atom stereocenters. The number of ether oxygens (including phenoxy) is 2. The number of rotatable bonds is 7. The van der Waals surface area contributed by atoms with Crippen molar-refractivity contribution in [3.8, 4) is 0 Å². The van der Waals surface area contributed by atoms with Crippen molar-refractivity contribution in [3.05, 3.63) is 29.8 Å². The summed E-state index contributed by atoms with van der Waals surface area (Å²) < 4.78 is 10.2. The predicted molar refractivity (Wildman–Crippen MR) is 96.6 cm³/mol. The molecule has 1 heterocycles. The molecule has 0 radical (unpaired) electrons. The van der Waals surface area contributed by atoms with Crippen molar-refractivity contribution in [2.75, 3.05) is 25.7 Å². The molecule has 1 aromatic carbocycles. The van der Waals surface area contributed by atoms with Gasteiger partial charge in [0.15, 0.2) is 6.29 Å². The van der Waals surface area contributed by atoms with Gasteiger partial charge < -0.3 is 14.4 Å². The summed E-state index contributed by atoms with van der Waals surface area (Å²) in [5.74, 6) is -0.689. The molecule has 0 aliphatic carbocycles. The van der Waals surface area contributed by atoms with E-state index < -0.39 is 18.2 Å². The second-order valence-corrected chi connectivity index (χ2v) is 6.61. The van der Waals surface area contributed by atoms with Crippen LogP contribution in [0.2, 0.25) is 0 Å². The van der Waals surface area contributed by atoms with E-state index in [9.17, 15) is 14.4 Å².